The Hall–Kier alpha value is -2.35. The Morgan fingerprint density at radius 1 is 1.47 bits per heavy atom. The molecule has 5 heteroatoms. The summed E-state index contributed by atoms with van der Waals surface area (Å²) in [6.07, 6.45) is 1.99. The predicted octanol–water partition coefficient (Wildman–Crippen LogP) is 1.93. The van der Waals surface area contributed by atoms with Gasteiger partial charge in [0.15, 0.2) is 0 Å². The van der Waals surface area contributed by atoms with Gasteiger partial charge in [-0.05, 0) is 24.6 Å². The van der Waals surface area contributed by atoms with Gasteiger partial charge in [-0.3, -0.25) is 4.79 Å². The lowest BCUT2D eigenvalue weighted by atomic mass is 10.1. The van der Waals surface area contributed by atoms with E-state index >= 15 is 0 Å². The number of rotatable bonds is 6. The van der Waals surface area contributed by atoms with Gasteiger partial charge in [0.25, 0.3) is 5.91 Å². The van der Waals surface area contributed by atoms with Crippen molar-refractivity contribution in [3.8, 4) is 6.07 Å². The molecule has 0 aliphatic heterocycles. The molecule has 1 aromatic rings. The smallest absolute Gasteiger partial charge is 0.326 e. The van der Waals surface area contributed by atoms with E-state index in [4.69, 9.17) is 10.4 Å². The molecule has 1 rings (SSSR count). The van der Waals surface area contributed by atoms with E-state index in [9.17, 15) is 9.59 Å². The highest BCUT2D eigenvalue weighted by Gasteiger charge is 2.19. The second-order valence-corrected chi connectivity index (χ2v) is 4.20. The summed E-state index contributed by atoms with van der Waals surface area (Å²) in [7, 11) is 0. The molecule has 0 bridgehead atoms. The molecule has 0 aliphatic rings. The van der Waals surface area contributed by atoms with Gasteiger partial charge in [0.2, 0.25) is 0 Å². The fourth-order valence-corrected chi connectivity index (χ4v) is 1.64. The molecule has 1 aromatic carbocycles. The maximum Gasteiger partial charge on any atom is 0.326 e. The molecule has 19 heavy (non-hydrogen) atoms. The molecule has 1 amide bonds. The highest BCUT2D eigenvalue weighted by molar-refractivity contribution is 5.96. The maximum atomic E-state index is 11.9. The first-order valence-corrected chi connectivity index (χ1v) is 6.12. The quantitative estimate of drug-likeness (QED) is 0.817. The second kappa shape index (κ2) is 7.17. The van der Waals surface area contributed by atoms with Crippen molar-refractivity contribution in [3.63, 3.8) is 0 Å². The Kier molecular flexibility index (Phi) is 5.55. The number of carboxylic acids is 1. The molecule has 0 spiro atoms. The zero-order valence-electron chi connectivity index (χ0n) is 10.7. The van der Waals surface area contributed by atoms with E-state index in [0.717, 1.165) is 12.8 Å². The first kappa shape index (κ1) is 14.7. The lowest BCUT2D eigenvalue weighted by Crippen LogP contribution is -2.40. The van der Waals surface area contributed by atoms with Crippen molar-refractivity contribution in [3.05, 3.63) is 35.4 Å². The van der Waals surface area contributed by atoms with Gasteiger partial charge in [-0.2, -0.15) is 5.26 Å². The molecule has 0 saturated carbocycles. The van der Waals surface area contributed by atoms with E-state index in [1.807, 2.05) is 13.0 Å². The fourth-order valence-electron chi connectivity index (χ4n) is 1.64. The lowest BCUT2D eigenvalue weighted by Gasteiger charge is -2.14. The maximum absolute atomic E-state index is 11.9. The number of carbonyl (C=O) groups is 2. The Labute approximate surface area is 111 Å². The number of hydrogen-bond donors (Lipinski definition) is 2. The van der Waals surface area contributed by atoms with Crippen LogP contribution in [0.3, 0.4) is 0 Å². The van der Waals surface area contributed by atoms with E-state index in [1.54, 1.807) is 18.2 Å². The summed E-state index contributed by atoms with van der Waals surface area (Å²) in [5.74, 6) is -1.51. The molecular weight excluding hydrogens is 244 g/mol. The van der Waals surface area contributed by atoms with Gasteiger partial charge in [0, 0.05) is 5.56 Å². The van der Waals surface area contributed by atoms with Crippen molar-refractivity contribution in [1.82, 2.24) is 5.32 Å². The molecule has 0 aliphatic carbocycles. The average molecular weight is 260 g/mol. The number of carbonyl (C=O) groups excluding carboxylic acids is 1. The molecular formula is C14H16N2O3. The summed E-state index contributed by atoms with van der Waals surface area (Å²) in [4.78, 5) is 22.9. The van der Waals surface area contributed by atoms with E-state index in [-0.39, 0.29) is 0 Å². The molecule has 0 aromatic heterocycles. The normalized spacial score (nSPS) is 11.4. The number of nitriles is 1. The summed E-state index contributed by atoms with van der Waals surface area (Å²) >= 11 is 0. The van der Waals surface area contributed by atoms with E-state index < -0.39 is 17.9 Å². The van der Waals surface area contributed by atoms with Gasteiger partial charge in [0.1, 0.15) is 6.04 Å². The molecule has 0 radical (unpaired) electrons. The van der Waals surface area contributed by atoms with Gasteiger partial charge < -0.3 is 10.4 Å². The van der Waals surface area contributed by atoms with E-state index in [0.29, 0.717) is 17.5 Å². The number of amides is 1. The van der Waals surface area contributed by atoms with E-state index in [2.05, 4.69) is 5.32 Å². The van der Waals surface area contributed by atoms with Gasteiger partial charge >= 0.3 is 5.97 Å². The number of benzene rings is 1. The fraction of sp³-hybridized carbons (Fsp3) is 0.357. The molecule has 0 saturated heterocycles. The van der Waals surface area contributed by atoms with Crippen LogP contribution in [0.15, 0.2) is 24.3 Å². The molecule has 5 nitrogen and oxygen atoms in total. The van der Waals surface area contributed by atoms with Crippen LogP contribution in [0, 0.1) is 11.3 Å². The summed E-state index contributed by atoms with van der Waals surface area (Å²) < 4.78 is 0. The van der Waals surface area contributed by atoms with Crippen LogP contribution in [0.25, 0.3) is 0 Å². The number of nitrogens with zero attached hydrogens (tertiary/aromatic N) is 1. The summed E-state index contributed by atoms with van der Waals surface area (Å²) in [6.45, 7) is 1.96. The number of nitrogens with one attached hydrogen (secondary N) is 1. The third kappa shape index (κ3) is 4.43. The molecule has 2 N–H and O–H groups in total. The third-order valence-corrected chi connectivity index (χ3v) is 2.70. The van der Waals surface area contributed by atoms with Crippen LogP contribution in [0.2, 0.25) is 0 Å². The van der Waals surface area contributed by atoms with Crippen molar-refractivity contribution in [1.29, 1.82) is 5.26 Å². The van der Waals surface area contributed by atoms with E-state index in [1.165, 1.54) is 6.07 Å². The SMILES string of the molecule is CCCCC(NC(=O)c1cccc(C#N)c1)C(=O)O. The Balaban J connectivity index is 2.76. The summed E-state index contributed by atoms with van der Waals surface area (Å²) in [5, 5.41) is 20.3. The van der Waals surface area contributed by atoms with Crippen LogP contribution in [-0.4, -0.2) is 23.0 Å². The Morgan fingerprint density at radius 3 is 2.79 bits per heavy atom. The first-order valence-electron chi connectivity index (χ1n) is 6.12. The number of carboxylic acid groups (broad SMARTS) is 1. The molecule has 1 atom stereocenters. The van der Waals surface area contributed by atoms with Crippen LogP contribution < -0.4 is 5.32 Å². The van der Waals surface area contributed by atoms with Gasteiger partial charge in [-0.1, -0.05) is 25.8 Å². The molecule has 1 unspecified atom stereocenters. The number of aliphatic carboxylic acids is 1. The van der Waals surface area contributed by atoms with Crippen LogP contribution in [0.1, 0.15) is 42.1 Å². The minimum atomic E-state index is -1.04. The van der Waals surface area contributed by atoms with Gasteiger partial charge in [-0.25, -0.2) is 4.79 Å². The van der Waals surface area contributed by atoms with Crippen LogP contribution in [0.5, 0.6) is 0 Å². The van der Waals surface area contributed by atoms with Crippen molar-refractivity contribution in [2.75, 3.05) is 0 Å². The monoisotopic (exact) mass is 260 g/mol. The summed E-state index contributed by atoms with van der Waals surface area (Å²) in [5.41, 5.74) is 0.662. The Bertz CT molecular complexity index is 506. The topological polar surface area (TPSA) is 90.2 Å². The largest absolute Gasteiger partial charge is 0.480 e. The first-order chi connectivity index (χ1) is 9.08. The standard InChI is InChI=1S/C14H16N2O3/c1-2-3-7-12(14(18)19)16-13(17)11-6-4-5-10(8-11)9-15/h4-6,8,12H,2-3,7H2,1H3,(H,16,17)(H,18,19). The molecule has 0 heterocycles. The van der Waals surface area contributed by atoms with Crippen LogP contribution >= 0.6 is 0 Å². The van der Waals surface area contributed by atoms with Crippen molar-refractivity contribution in [2.45, 2.75) is 32.2 Å². The van der Waals surface area contributed by atoms with Gasteiger partial charge in [0.05, 0.1) is 11.6 Å². The zero-order chi connectivity index (χ0) is 14.3. The number of hydrogen-bond acceptors (Lipinski definition) is 3. The third-order valence-electron chi connectivity index (χ3n) is 2.70. The predicted molar refractivity (Wildman–Crippen MR) is 69.6 cm³/mol. The average Bonchev–Trinajstić information content (AvgIpc) is 2.42. The number of unbranched alkanes of at least 4 members (excludes halogenated alkanes) is 1. The van der Waals surface area contributed by atoms with Crippen LogP contribution in [-0.2, 0) is 4.79 Å². The second-order valence-electron chi connectivity index (χ2n) is 4.20. The van der Waals surface area contributed by atoms with Crippen molar-refractivity contribution < 1.29 is 14.7 Å². The van der Waals surface area contributed by atoms with Crippen molar-refractivity contribution in [2.24, 2.45) is 0 Å². The highest BCUT2D eigenvalue weighted by atomic mass is 16.4. The highest BCUT2D eigenvalue weighted by Crippen LogP contribution is 2.06. The van der Waals surface area contributed by atoms with Crippen LogP contribution in [0.4, 0.5) is 0 Å². The minimum absolute atomic E-state index is 0.293. The van der Waals surface area contributed by atoms with Crippen molar-refractivity contribution >= 4 is 11.9 Å². The minimum Gasteiger partial charge on any atom is -0.480 e. The zero-order valence-corrected chi connectivity index (χ0v) is 10.7. The molecule has 100 valence electrons. The Morgan fingerprint density at radius 2 is 2.21 bits per heavy atom. The molecule has 0 fully saturated rings. The summed E-state index contributed by atoms with van der Waals surface area (Å²) in [6, 6.07) is 7.21. The van der Waals surface area contributed by atoms with Gasteiger partial charge in [-0.15, -0.1) is 0 Å². The lowest BCUT2D eigenvalue weighted by molar-refractivity contribution is -0.139.